The van der Waals surface area contributed by atoms with E-state index < -0.39 is 29.8 Å². The lowest BCUT2D eigenvalue weighted by Crippen LogP contribution is -2.24. The molecule has 2 atom stereocenters. The molecule has 1 N–H and O–H groups in total. The minimum atomic E-state index is -3.99. The molecule has 2 rings (SSSR count). The second-order valence-corrected chi connectivity index (χ2v) is 7.76. The second-order valence-electron chi connectivity index (χ2n) is 4.32. The smallest absolute Gasteiger partial charge is 0.307 e. The molecule has 1 fully saturated rings. The van der Waals surface area contributed by atoms with Crippen molar-refractivity contribution >= 4 is 17.9 Å². The maximum absolute atomic E-state index is 12.8. The van der Waals surface area contributed by atoms with Gasteiger partial charge < -0.3 is 9.05 Å². The Morgan fingerprint density at radius 1 is 1.19 bits per heavy atom. The predicted molar refractivity (Wildman–Crippen MR) is 77.0 cm³/mol. The zero-order valence-electron chi connectivity index (χ0n) is 11.8. The first-order valence-corrected chi connectivity index (χ1v) is 9.58. The van der Waals surface area contributed by atoms with Crippen LogP contribution in [0.2, 0.25) is 0 Å². The van der Waals surface area contributed by atoms with Crippen molar-refractivity contribution in [3.8, 4) is 0 Å². The molecule has 1 aromatic rings. The number of hydrogen-bond acceptors (Lipinski definition) is 6. The van der Waals surface area contributed by atoms with Gasteiger partial charge in [0, 0.05) is 0 Å². The van der Waals surface area contributed by atoms with Gasteiger partial charge in [0.15, 0.2) is 5.85 Å². The number of nitrogens with one attached hydrogen (secondary N) is 1. The molecule has 21 heavy (non-hydrogen) atoms. The Labute approximate surface area is 124 Å². The van der Waals surface area contributed by atoms with Crippen LogP contribution in [0.1, 0.15) is 25.5 Å². The molecule has 1 aliphatic rings. The van der Waals surface area contributed by atoms with Crippen LogP contribution in [-0.4, -0.2) is 27.5 Å². The molecule has 1 aromatic carbocycles. The lowest BCUT2D eigenvalue weighted by atomic mass is 10.1. The maximum Gasteiger partial charge on any atom is 0.362 e. The second kappa shape index (κ2) is 6.56. The predicted octanol–water partition coefficient (Wildman–Crippen LogP) is 2.18. The van der Waals surface area contributed by atoms with Gasteiger partial charge in [0.1, 0.15) is 0 Å². The Morgan fingerprint density at radius 3 is 2.29 bits per heavy atom. The summed E-state index contributed by atoms with van der Waals surface area (Å²) in [4.78, 5) is 0. The lowest BCUT2D eigenvalue weighted by molar-refractivity contribution is 0.164. The van der Waals surface area contributed by atoms with Gasteiger partial charge in [-0.1, -0.05) is 30.3 Å². The molecular weight excluding hydrogens is 317 g/mol. The summed E-state index contributed by atoms with van der Waals surface area (Å²) in [6, 6.07) is 7.93. The summed E-state index contributed by atoms with van der Waals surface area (Å²) in [6.07, 6.45) is 0. The summed E-state index contributed by atoms with van der Waals surface area (Å²) in [5.41, 5.74) is 0.628. The van der Waals surface area contributed by atoms with Crippen LogP contribution in [0.25, 0.3) is 0 Å². The Morgan fingerprint density at radius 2 is 1.76 bits per heavy atom. The molecule has 1 saturated heterocycles. The Bertz CT molecular complexity index is 610. The van der Waals surface area contributed by atoms with Crippen molar-refractivity contribution in [3.63, 3.8) is 0 Å². The molecule has 0 unspecified atom stereocenters. The van der Waals surface area contributed by atoms with Crippen LogP contribution in [0.4, 0.5) is 0 Å². The SMILES string of the molecule is CCOP(=O)(OCC)[C@H]1OS(=O)(=O)N[C@H]1c1ccccc1. The van der Waals surface area contributed by atoms with E-state index >= 15 is 0 Å². The van der Waals surface area contributed by atoms with Crippen molar-refractivity contribution in [1.82, 2.24) is 4.72 Å². The largest absolute Gasteiger partial charge is 0.362 e. The fourth-order valence-corrected chi connectivity index (χ4v) is 5.66. The first kappa shape index (κ1) is 16.6. The van der Waals surface area contributed by atoms with E-state index in [1.165, 1.54) is 0 Å². The Hall–Kier alpha value is -0.760. The third-order valence-electron chi connectivity index (χ3n) is 2.87. The van der Waals surface area contributed by atoms with Gasteiger partial charge in [-0.3, -0.25) is 4.57 Å². The standard InChI is InChI=1S/C12H18NO6PS/c1-3-17-20(14,18-4-2)12-11(13-21(15,16)19-12)10-8-6-5-7-9-10/h5-9,11-13H,3-4H2,1-2H3/t11-,12+/m0/s1. The number of benzene rings is 1. The van der Waals surface area contributed by atoms with Crippen LogP contribution in [0.3, 0.4) is 0 Å². The van der Waals surface area contributed by atoms with Crippen LogP contribution in [0, 0.1) is 0 Å². The minimum absolute atomic E-state index is 0.124. The van der Waals surface area contributed by atoms with Crippen molar-refractivity contribution in [2.45, 2.75) is 25.7 Å². The average molecular weight is 335 g/mol. The molecule has 1 aliphatic heterocycles. The molecule has 118 valence electrons. The zero-order chi connectivity index (χ0) is 15.5. The van der Waals surface area contributed by atoms with Gasteiger partial charge >= 0.3 is 17.9 Å². The lowest BCUT2D eigenvalue weighted by Gasteiger charge is -2.24. The highest BCUT2D eigenvalue weighted by molar-refractivity contribution is 7.85. The Balaban J connectivity index is 2.40. The highest BCUT2D eigenvalue weighted by atomic mass is 32.2. The summed E-state index contributed by atoms with van der Waals surface area (Å²) >= 11 is 0. The van der Waals surface area contributed by atoms with Crippen molar-refractivity contribution in [2.24, 2.45) is 0 Å². The number of rotatable bonds is 6. The molecule has 0 radical (unpaired) electrons. The monoisotopic (exact) mass is 335 g/mol. The maximum atomic E-state index is 12.8. The van der Waals surface area contributed by atoms with Crippen LogP contribution in [-0.2, 0) is 28.1 Å². The molecule has 0 saturated carbocycles. The van der Waals surface area contributed by atoms with Gasteiger partial charge in [0.2, 0.25) is 0 Å². The van der Waals surface area contributed by atoms with E-state index in [1.54, 1.807) is 44.2 Å². The van der Waals surface area contributed by atoms with Crippen LogP contribution < -0.4 is 4.72 Å². The molecule has 0 bridgehead atoms. The highest BCUT2D eigenvalue weighted by Crippen LogP contribution is 2.59. The van der Waals surface area contributed by atoms with E-state index in [4.69, 9.17) is 13.2 Å². The molecule has 0 aromatic heterocycles. The molecule has 1 heterocycles. The molecule has 0 aliphatic carbocycles. The molecule has 9 heteroatoms. The molecular formula is C12H18NO6PS. The van der Waals surface area contributed by atoms with Crippen molar-refractivity contribution in [3.05, 3.63) is 35.9 Å². The zero-order valence-corrected chi connectivity index (χ0v) is 13.5. The topological polar surface area (TPSA) is 90.9 Å². The van der Waals surface area contributed by atoms with Gasteiger partial charge in [0.25, 0.3) is 0 Å². The van der Waals surface area contributed by atoms with Gasteiger partial charge in [0.05, 0.1) is 19.3 Å². The van der Waals surface area contributed by atoms with Crippen LogP contribution >= 0.6 is 7.60 Å². The summed E-state index contributed by atoms with van der Waals surface area (Å²) < 4.78 is 53.9. The summed E-state index contributed by atoms with van der Waals surface area (Å²) in [5.74, 6) is -1.25. The average Bonchev–Trinajstić information content (AvgIpc) is 2.77. The first-order chi connectivity index (χ1) is 9.92. The minimum Gasteiger partial charge on any atom is -0.307 e. The van der Waals surface area contributed by atoms with Crippen molar-refractivity contribution in [2.75, 3.05) is 13.2 Å². The van der Waals surface area contributed by atoms with E-state index in [2.05, 4.69) is 4.72 Å². The third kappa shape index (κ3) is 3.71. The summed E-state index contributed by atoms with van der Waals surface area (Å²) in [7, 11) is -7.73. The Kier molecular flexibility index (Phi) is 5.19. The molecule has 0 amide bonds. The van der Waals surface area contributed by atoms with E-state index in [0.29, 0.717) is 5.56 Å². The fraction of sp³-hybridized carbons (Fsp3) is 0.500. The van der Waals surface area contributed by atoms with E-state index in [-0.39, 0.29) is 13.2 Å². The van der Waals surface area contributed by atoms with Gasteiger partial charge in [-0.15, -0.1) is 0 Å². The van der Waals surface area contributed by atoms with Crippen molar-refractivity contribution < 1.29 is 26.2 Å². The summed E-state index contributed by atoms with van der Waals surface area (Å²) in [5, 5.41) is 0. The number of hydrogen-bond donors (Lipinski definition) is 1. The fourth-order valence-electron chi connectivity index (χ4n) is 2.10. The van der Waals surface area contributed by atoms with E-state index in [9.17, 15) is 13.0 Å². The highest BCUT2D eigenvalue weighted by Gasteiger charge is 2.51. The van der Waals surface area contributed by atoms with Gasteiger partial charge in [-0.05, 0) is 19.4 Å². The summed E-state index contributed by atoms with van der Waals surface area (Å²) in [6.45, 7) is 3.55. The quantitative estimate of drug-likeness (QED) is 0.801. The molecule has 7 nitrogen and oxygen atoms in total. The first-order valence-electron chi connectivity index (χ1n) is 6.56. The van der Waals surface area contributed by atoms with Crippen LogP contribution in [0.15, 0.2) is 30.3 Å². The normalized spacial score (nSPS) is 25.0. The van der Waals surface area contributed by atoms with Crippen molar-refractivity contribution in [1.29, 1.82) is 0 Å². The van der Waals surface area contributed by atoms with E-state index in [1.807, 2.05) is 0 Å². The van der Waals surface area contributed by atoms with Gasteiger partial charge in [-0.2, -0.15) is 13.1 Å². The van der Waals surface area contributed by atoms with Gasteiger partial charge in [-0.25, -0.2) is 4.18 Å². The van der Waals surface area contributed by atoms with E-state index in [0.717, 1.165) is 0 Å². The molecule has 0 spiro atoms. The third-order valence-corrected chi connectivity index (χ3v) is 6.28. The van der Waals surface area contributed by atoms with Crippen LogP contribution in [0.5, 0.6) is 0 Å².